The predicted molar refractivity (Wildman–Crippen MR) is 59.9 cm³/mol. The molecule has 0 bridgehead atoms. The Balaban J connectivity index is 2.38. The van der Waals surface area contributed by atoms with E-state index in [0.717, 1.165) is 0 Å². The second kappa shape index (κ2) is 4.67. The van der Waals surface area contributed by atoms with Crippen molar-refractivity contribution in [2.24, 2.45) is 5.84 Å². The molecule has 17 heavy (non-hydrogen) atoms. The first-order chi connectivity index (χ1) is 8.19. The zero-order valence-electron chi connectivity index (χ0n) is 9.36. The van der Waals surface area contributed by atoms with E-state index in [2.05, 4.69) is 35.9 Å². The second-order valence-electron chi connectivity index (χ2n) is 3.27. The second-order valence-corrected chi connectivity index (χ2v) is 3.27. The molecule has 90 valence electrons. The summed E-state index contributed by atoms with van der Waals surface area (Å²) in [6, 6.07) is 0. The van der Waals surface area contributed by atoms with Crippen LogP contribution in [0, 0.1) is 0 Å². The van der Waals surface area contributed by atoms with Crippen molar-refractivity contribution in [1.82, 2.24) is 34.7 Å². The van der Waals surface area contributed by atoms with Crippen molar-refractivity contribution in [3.63, 3.8) is 0 Å². The first-order valence-electron chi connectivity index (χ1n) is 4.70. The topological polar surface area (TPSA) is 123 Å². The number of anilines is 2. The number of nitrogens with two attached hydrogens (primary N) is 1. The van der Waals surface area contributed by atoms with Crippen molar-refractivity contribution in [1.29, 1.82) is 0 Å². The van der Waals surface area contributed by atoms with Gasteiger partial charge in [-0.25, -0.2) is 15.8 Å². The molecule has 10 nitrogen and oxygen atoms in total. The molecule has 10 heteroatoms. The lowest BCUT2D eigenvalue weighted by molar-refractivity contribution is 0.488. The fourth-order valence-electron chi connectivity index (χ4n) is 1.09. The third-order valence-electron chi connectivity index (χ3n) is 1.70. The lowest BCUT2D eigenvalue weighted by Gasteiger charge is -2.12. The summed E-state index contributed by atoms with van der Waals surface area (Å²) in [6.07, 6.45) is 2.87. The number of nitrogens with zero attached hydrogens (tertiary/aromatic N) is 7. The lowest BCUT2D eigenvalue weighted by atomic mass is 10.8. The van der Waals surface area contributed by atoms with Crippen LogP contribution >= 0.6 is 0 Å². The SMILES string of the molecule is CN(C)Nc1nc(NN)nc(-n2cncn2)n1. The smallest absolute Gasteiger partial charge is 0.258 e. The maximum Gasteiger partial charge on any atom is 0.258 e. The highest BCUT2D eigenvalue weighted by atomic mass is 15.5. The Morgan fingerprint density at radius 3 is 2.59 bits per heavy atom. The van der Waals surface area contributed by atoms with Crippen LogP contribution in [0.15, 0.2) is 12.7 Å². The van der Waals surface area contributed by atoms with E-state index in [9.17, 15) is 0 Å². The first-order valence-corrected chi connectivity index (χ1v) is 4.70. The molecule has 2 heterocycles. The van der Waals surface area contributed by atoms with Crippen LogP contribution in [0.3, 0.4) is 0 Å². The number of nitrogens with one attached hydrogen (secondary N) is 2. The molecular formula is C7H12N10. The van der Waals surface area contributed by atoms with Gasteiger partial charge >= 0.3 is 0 Å². The minimum Gasteiger partial charge on any atom is -0.292 e. The molecule has 0 aliphatic heterocycles. The highest BCUT2D eigenvalue weighted by Crippen LogP contribution is 2.07. The van der Waals surface area contributed by atoms with Gasteiger partial charge in [0, 0.05) is 14.1 Å². The highest BCUT2D eigenvalue weighted by Gasteiger charge is 2.08. The van der Waals surface area contributed by atoms with Crippen molar-refractivity contribution in [3.05, 3.63) is 12.7 Å². The molecule has 2 rings (SSSR count). The highest BCUT2D eigenvalue weighted by molar-refractivity contribution is 5.35. The molecule has 0 aliphatic carbocycles. The first kappa shape index (κ1) is 11.2. The van der Waals surface area contributed by atoms with Gasteiger partial charge in [0.1, 0.15) is 12.7 Å². The molecule has 2 aromatic heterocycles. The Morgan fingerprint density at radius 1 is 1.24 bits per heavy atom. The summed E-state index contributed by atoms with van der Waals surface area (Å²) in [6.45, 7) is 0. The van der Waals surface area contributed by atoms with Crippen LogP contribution < -0.4 is 16.7 Å². The number of hydrazine groups is 2. The van der Waals surface area contributed by atoms with Gasteiger partial charge in [0.05, 0.1) is 0 Å². The van der Waals surface area contributed by atoms with Gasteiger partial charge in [-0.2, -0.15) is 24.7 Å². The summed E-state index contributed by atoms with van der Waals surface area (Å²) in [5.74, 6) is 6.18. The number of hydrogen-bond donors (Lipinski definition) is 3. The average molecular weight is 236 g/mol. The fraction of sp³-hybridized carbons (Fsp3) is 0.286. The summed E-state index contributed by atoms with van der Waals surface area (Å²) in [4.78, 5) is 16.0. The fourth-order valence-corrected chi connectivity index (χ4v) is 1.09. The molecule has 0 aliphatic rings. The minimum atomic E-state index is 0.231. The van der Waals surface area contributed by atoms with E-state index in [1.165, 1.54) is 17.3 Å². The summed E-state index contributed by atoms with van der Waals surface area (Å²) < 4.78 is 1.41. The Labute approximate surface area is 96.8 Å². The number of hydrogen-bond acceptors (Lipinski definition) is 9. The van der Waals surface area contributed by atoms with E-state index < -0.39 is 0 Å². The molecular weight excluding hydrogens is 224 g/mol. The van der Waals surface area contributed by atoms with Gasteiger partial charge in [-0.3, -0.25) is 10.9 Å². The summed E-state index contributed by atoms with van der Waals surface area (Å²) in [5.41, 5.74) is 5.26. The number of nitrogen functional groups attached to an aromatic ring is 1. The molecule has 0 saturated heterocycles. The van der Waals surface area contributed by atoms with Gasteiger partial charge in [0.25, 0.3) is 5.95 Å². The Morgan fingerprint density at radius 2 is 2.00 bits per heavy atom. The molecule has 2 aromatic rings. The van der Waals surface area contributed by atoms with Crippen LogP contribution in [0.2, 0.25) is 0 Å². The van der Waals surface area contributed by atoms with Crippen LogP contribution in [-0.4, -0.2) is 48.8 Å². The molecule has 0 spiro atoms. The summed E-state index contributed by atoms with van der Waals surface area (Å²) in [5, 5.41) is 5.62. The summed E-state index contributed by atoms with van der Waals surface area (Å²) >= 11 is 0. The number of rotatable bonds is 4. The molecule has 0 saturated carbocycles. The van der Waals surface area contributed by atoms with Crippen molar-refractivity contribution in [2.75, 3.05) is 24.9 Å². The largest absolute Gasteiger partial charge is 0.292 e. The van der Waals surface area contributed by atoms with Crippen molar-refractivity contribution >= 4 is 11.9 Å². The zero-order chi connectivity index (χ0) is 12.3. The molecule has 0 radical (unpaired) electrons. The van der Waals surface area contributed by atoms with E-state index in [0.29, 0.717) is 11.9 Å². The van der Waals surface area contributed by atoms with Gasteiger partial charge in [-0.05, 0) is 0 Å². The molecule has 4 N–H and O–H groups in total. The maximum atomic E-state index is 5.28. The van der Waals surface area contributed by atoms with Crippen LogP contribution in [0.25, 0.3) is 5.95 Å². The van der Waals surface area contributed by atoms with Crippen LogP contribution in [0.4, 0.5) is 11.9 Å². The van der Waals surface area contributed by atoms with Gasteiger partial charge in [0.15, 0.2) is 0 Å². The Bertz CT molecular complexity index is 477. The van der Waals surface area contributed by atoms with E-state index >= 15 is 0 Å². The minimum absolute atomic E-state index is 0.231. The standard InChI is InChI=1S/C7H12N10/c1-16(2)15-6-11-5(14-8)12-7(13-6)17-4-9-3-10-17/h3-4H,8H2,1-2H3,(H2,11,12,13,14,15). The van der Waals surface area contributed by atoms with E-state index in [4.69, 9.17) is 5.84 Å². The predicted octanol–water partition coefficient (Wildman–Crippen LogP) is -1.37. The van der Waals surface area contributed by atoms with Crippen LogP contribution in [-0.2, 0) is 0 Å². The molecule has 0 aromatic carbocycles. The zero-order valence-corrected chi connectivity index (χ0v) is 9.36. The summed E-state index contributed by atoms with van der Waals surface area (Å²) in [7, 11) is 3.63. The third kappa shape index (κ3) is 2.62. The van der Waals surface area contributed by atoms with Crippen molar-refractivity contribution < 1.29 is 0 Å². The quantitative estimate of drug-likeness (QED) is 0.435. The van der Waals surface area contributed by atoms with E-state index in [1.807, 2.05) is 14.1 Å². The average Bonchev–Trinajstić information content (AvgIpc) is 2.81. The van der Waals surface area contributed by atoms with Gasteiger partial charge in [-0.1, -0.05) is 0 Å². The maximum absolute atomic E-state index is 5.28. The van der Waals surface area contributed by atoms with Crippen molar-refractivity contribution in [3.8, 4) is 5.95 Å². The molecule has 0 unspecified atom stereocenters. The van der Waals surface area contributed by atoms with Crippen molar-refractivity contribution in [2.45, 2.75) is 0 Å². The van der Waals surface area contributed by atoms with Gasteiger partial charge in [-0.15, -0.1) is 0 Å². The normalized spacial score (nSPS) is 10.6. The monoisotopic (exact) mass is 236 g/mol. The molecule has 0 amide bonds. The molecule has 0 fully saturated rings. The van der Waals surface area contributed by atoms with E-state index in [-0.39, 0.29) is 5.95 Å². The molecule has 0 atom stereocenters. The lowest BCUT2D eigenvalue weighted by Crippen LogP contribution is -2.23. The Hall–Kier alpha value is -2.33. The third-order valence-corrected chi connectivity index (χ3v) is 1.70. The van der Waals surface area contributed by atoms with E-state index in [1.54, 1.807) is 5.01 Å². The van der Waals surface area contributed by atoms with Crippen LogP contribution in [0.1, 0.15) is 0 Å². The number of aromatic nitrogens is 6. The van der Waals surface area contributed by atoms with Gasteiger partial charge < -0.3 is 0 Å². The van der Waals surface area contributed by atoms with Gasteiger partial charge in [0.2, 0.25) is 11.9 Å². The Kier molecular flexibility index (Phi) is 3.07. The van der Waals surface area contributed by atoms with Crippen LogP contribution in [0.5, 0.6) is 0 Å².